The smallest absolute Gasteiger partial charge is 0.123 e. The number of nitrogens with zero attached hydrogens (tertiary/aromatic N) is 1. The number of hydrogen-bond acceptors (Lipinski definition) is 3. The number of benzene rings is 1. The summed E-state index contributed by atoms with van der Waals surface area (Å²) in [5.74, 6) is 0.276. The third kappa shape index (κ3) is 5.02. The van der Waals surface area contributed by atoms with Crippen molar-refractivity contribution in [2.75, 3.05) is 6.54 Å². The molecule has 2 aromatic rings. The zero-order chi connectivity index (χ0) is 14.4. The van der Waals surface area contributed by atoms with Crippen LogP contribution in [0.15, 0.2) is 35.8 Å². The second-order valence-corrected chi connectivity index (χ2v) is 6.37. The van der Waals surface area contributed by atoms with Gasteiger partial charge in [-0.25, -0.2) is 9.37 Å². The van der Waals surface area contributed by atoms with Gasteiger partial charge in [-0.15, -0.1) is 11.3 Å². The van der Waals surface area contributed by atoms with Crippen molar-refractivity contribution in [2.24, 2.45) is 5.92 Å². The average Bonchev–Trinajstić information content (AvgIpc) is 2.89. The molecule has 1 heterocycles. The van der Waals surface area contributed by atoms with Gasteiger partial charge in [-0.05, 0) is 36.6 Å². The van der Waals surface area contributed by atoms with Gasteiger partial charge in [0.05, 0.1) is 5.01 Å². The van der Waals surface area contributed by atoms with Crippen LogP contribution in [-0.4, -0.2) is 17.6 Å². The molecule has 1 atom stereocenters. The molecule has 0 radical (unpaired) electrons. The molecule has 0 fully saturated rings. The van der Waals surface area contributed by atoms with E-state index in [1.807, 2.05) is 17.6 Å². The lowest BCUT2D eigenvalue weighted by atomic mass is 9.96. The molecule has 108 valence electrons. The number of halogens is 1. The minimum Gasteiger partial charge on any atom is -0.314 e. The summed E-state index contributed by atoms with van der Waals surface area (Å²) in [5, 5.41) is 6.63. The van der Waals surface area contributed by atoms with Gasteiger partial charge in [-0.2, -0.15) is 0 Å². The van der Waals surface area contributed by atoms with E-state index in [1.54, 1.807) is 23.5 Å². The molecular weight excluding hydrogens is 271 g/mol. The number of thiazole rings is 1. The van der Waals surface area contributed by atoms with Crippen LogP contribution in [0.4, 0.5) is 4.39 Å². The quantitative estimate of drug-likeness (QED) is 0.842. The average molecular weight is 292 g/mol. The van der Waals surface area contributed by atoms with E-state index in [1.165, 1.54) is 6.07 Å². The van der Waals surface area contributed by atoms with Crippen molar-refractivity contribution in [3.63, 3.8) is 0 Å². The largest absolute Gasteiger partial charge is 0.314 e. The van der Waals surface area contributed by atoms with E-state index >= 15 is 0 Å². The number of aromatic nitrogens is 1. The summed E-state index contributed by atoms with van der Waals surface area (Å²) in [4.78, 5) is 4.36. The summed E-state index contributed by atoms with van der Waals surface area (Å²) in [5.41, 5.74) is 1.05. The molecule has 1 aromatic heterocycles. The Hall–Kier alpha value is -1.26. The maximum Gasteiger partial charge on any atom is 0.123 e. The highest BCUT2D eigenvalue weighted by Crippen LogP contribution is 2.17. The molecule has 0 aliphatic heterocycles. The molecule has 4 heteroatoms. The van der Waals surface area contributed by atoms with Crippen molar-refractivity contribution in [1.29, 1.82) is 0 Å². The first-order valence-corrected chi connectivity index (χ1v) is 7.87. The minimum absolute atomic E-state index is 0.160. The molecule has 2 rings (SSSR count). The summed E-state index contributed by atoms with van der Waals surface area (Å²) >= 11 is 1.69. The molecule has 0 aliphatic rings. The predicted molar refractivity (Wildman–Crippen MR) is 82.6 cm³/mol. The van der Waals surface area contributed by atoms with Crippen LogP contribution in [0, 0.1) is 11.7 Å². The molecule has 0 saturated carbocycles. The van der Waals surface area contributed by atoms with Crippen LogP contribution in [-0.2, 0) is 12.8 Å². The summed E-state index contributed by atoms with van der Waals surface area (Å²) < 4.78 is 13.3. The van der Waals surface area contributed by atoms with Crippen LogP contribution in [0.1, 0.15) is 24.4 Å². The van der Waals surface area contributed by atoms with Gasteiger partial charge in [0.15, 0.2) is 0 Å². The van der Waals surface area contributed by atoms with Crippen LogP contribution < -0.4 is 5.32 Å². The number of hydrogen-bond donors (Lipinski definition) is 1. The van der Waals surface area contributed by atoms with E-state index in [2.05, 4.69) is 24.1 Å². The Kier molecular flexibility index (Phi) is 5.68. The summed E-state index contributed by atoms with van der Waals surface area (Å²) in [7, 11) is 0. The van der Waals surface area contributed by atoms with Crippen molar-refractivity contribution in [1.82, 2.24) is 10.3 Å². The highest BCUT2D eigenvalue weighted by atomic mass is 32.1. The molecule has 0 saturated heterocycles. The van der Waals surface area contributed by atoms with Gasteiger partial charge < -0.3 is 5.32 Å². The maximum atomic E-state index is 13.3. The van der Waals surface area contributed by atoms with Crippen LogP contribution in [0.5, 0.6) is 0 Å². The highest BCUT2D eigenvalue weighted by Gasteiger charge is 2.13. The Morgan fingerprint density at radius 2 is 2.15 bits per heavy atom. The van der Waals surface area contributed by atoms with Crippen molar-refractivity contribution in [3.05, 3.63) is 52.2 Å². The van der Waals surface area contributed by atoms with Crippen molar-refractivity contribution < 1.29 is 4.39 Å². The molecule has 1 unspecified atom stereocenters. The fraction of sp³-hybridized carbons (Fsp3) is 0.438. The zero-order valence-corrected chi connectivity index (χ0v) is 12.8. The Morgan fingerprint density at radius 3 is 2.80 bits per heavy atom. The van der Waals surface area contributed by atoms with E-state index in [9.17, 15) is 4.39 Å². The molecule has 0 bridgehead atoms. The first kappa shape index (κ1) is 15.1. The Balaban J connectivity index is 2.01. The molecular formula is C16H21FN2S. The molecule has 0 aliphatic carbocycles. The van der Waals surface area contributed by atoms with Crippen LogP contribution in [0.3, 0.4) is 0 Å². The van der Waals surface area contributed by atoms with Gasteiger partial charge in [0.1, 0.15) is 5.82 Å². The molecule has 1 N–H and O–H groups in total. The molecule has 20 heavy (non-hydrogen) atoms. The summed E-state index contributed by atoms with van der Waals surface area (Å²) in [6.07, 6.45) is 3.65. The highest BCUT2D eigenvalue weighted by molar-refractivity contribution is 7.09. The van der Waals surface area contributed by atoms with E-state index < -0.39 is 0 Å². The Labute approximate surface area is 124 Å². The molecule has 1 aromatic carbocycles. The number of rotatable bonds is 7. The second kappa shape index (κ2) is 7.50. The van der Waals surface area contributed by atoms with E-state index in [4.69, 9.17) is 0 Å². The monoisotopic (exact) mass is 292 g/mol. The van der Waals surface area contributed by atoms with E-state index in [-0.39, 0.29) is 5.82 Å². The zero-order valence-electron chi connectivity index (χ0n) is 12.0. The van der Waals surface area contributed by atoms with Gasteiger partial charge in [-0.1, -0.05) is 26.0 Å². The second-order valence-electron chi connectivity index (χ2n) is 5.39. The topological polar surface area (TPSA) is 24.9 Å². The standard InChI is InChI=1S/C16H21FN2S/c1-12(2)19-11-14(10-16-18-6-7-20-16)8-13-4-3-5-15(17)9-13/h3-7,9,12,14,19H,8,10-11H2,1-2H3. The normalized spacial score (nSPS) is 12.8. The van der Waals surface area contributed by atoms with Gasteiger partial charge >= 0.3 is 0 Å². The van der Waals surface area contributed by atoms with Crippen molar-refractivity contribution >= 4 is 11.3 Å². The van der Waals surface area contributed by atoms with Gasteiger partial charge in [0.25, 0.3) is 0 Å². The molecule has 0 spiro atoms. The van der Waals surface area contributed by atoms with Gasteiger partial charge in [0, 0.05) is 24.0 Å². The third-order valence-electron chi connectivity index (χ3n) is 3.17. The third-order valence-corrected chi connectivity index (χ3v) is 3.98. The lowest BCUT2D eigenvalue weighted by Crippen LogP contribution is -2.31. The first-order chi connectivity index (χ1) is 9.63. The fourth-order valence-electron chi connectivity index (χ4n) is 2.22. The first-order valence-electron chi connectivity index (χ1n) is 6.99. The van der Waals surface area contributed by atoms with Crippen molar-refractivity contribution in [2.45, 2.75) is 32.7 Å². The lowest BCUT2D eigenvalue weighted by molar-refractivity contribution is 0.443. The fourth-order valence-corrected chi connectivity index (χ4v) is 2.95. The summed E-state index contributed by atoms with van der Waals surface area (Å²) in [6, 6.07) is 7.35. The van der Waals surface area contributed by atoms with Gasteiger partial charge in [0.2, 0.25) is 0 Å². The summed E-state index contributed by atoms with van der Waals surface area (Å²) in [6.45, 7) is 5.21. The van der Waals surface area contributed by atoms with Gasteiger partial charge in [-0.3, -0.25) is 0 Å². The Morgan fingerprint density at radius 1 is 1.30 bits per heavy atom. The van der Waals surface area contributed by atoms with E-state index in [0.29, 0.717) is 12.0 Å². The molecule has 0 amide bonds. The van der Waals surface area contributed by atoms with Crippen LogP contribution in [0.2, 0.25) is 0 Å². The van der Waals surface area contributed by atoms with Crippen LogP contribution >= 0.6 is 11.3 Å². The maximum absolute atomic E-state index is 13.3. The lowest BCUT2D eigenvalue weighted by Gasteiger charge is -2.18. The van der Waals surface area contributed by atoms with Crippen LogP contribution in [0.25, 0.3) is 0 Å². The SMILES string of the molecule is CC(C)NCC(Cc1cccc(F)c1)Cc1nccs1. The van der Waals surface area contributed by atoms with E-state index in [0.717, 1.165) is 30.0 Å². The minimum atomic E-state index is -0.160. The Bertz CT molecular complexity index is 511. The molecule has 2 nitrogen and oxygen atoms in total. The predicted octanol–water partition coefficient (Wildman–Crippen LogP) is 3.68. The van der Waals surface area contributed by atoms with Crippen molar-refractivity contribution in [3.8, 4) is 0 Å². The number of nitrogens with one attached hydrogen (secondary N) is 1.